The molecule has 2 saturated heterocycles. The molecule has 3 heteroatoms. The molecule has 0 amide bonds. The predicted octanol–water partition coefficient (Wildman–Crippen LogP) is 1.42. The summed E-state index contributed by atoms with van der Waals surface area (Å²) in [6, 6.07) is 1.41. The molecule has 3 unspecified atom stereocenters. The van der Waals surface area contributed by atoms with Crippen molar-refractivity contribution in [1.82, 2.24) is 10.2 Å². The molecule has 2 rings (SSSR count). The monoisotopic (exact) mass is 214 g/mol. The molecule has 2 aliphatic rings. The fourth-order valence-corrected chi connectivity index (χ4v) is 3.68. The Morgan fingerprint density at radius 1 is 1.43 bits per heavy atom. The third kappa shape index (κ3) is 2.65. The number of nitrogens with zero attached hydrogens (tertiary/aromatic N) is 1. The molecule has 1 N–H and O–H groups in total. The van der Waals surface area contributed by atoms with Crippen LogP contribution >= 0.6 is 11.8 Å². The van der Waals surface area contributed by atoms with Crippen LogP contribution < -0.4 is 5.32 Å². The summed E-state index contributed by atoms with van der Waals surface area (Å²) in [6.45, 7) is 8.38. The normalized spacial score (nSPS) is 40.3. The Balaban J connectivity index is 1.82. The zero-order chi connectivity index (χ0) is 9.97. The second-order valence-corrected chi connectivity index (χ2v) is 5.99. The van der Waals surface area contributed by atoms with Crippen molar-refractivity contribution in [2.45, 2.75) is 32.4 Å². The molecule has 2 fully saturated rings. The molecule has 0 aromatic rings. The third-order valence-electron chi connectivity index (χ3n) is 3.41. The molecule has 2 aliphatic heterocycles. The standard InChI is InChI=1S/C11H22N2S/c1-9-6-13(10(2)5-12-9)7-11-3-4-14-8-11/h9-12H,3-8H2,1-2H3. The molecule has 14 heavy (non-hydrogen) atoms. The Labute approximate surface area is 91.8 Å². The molecule has 2 nitrogen and oxygen atoms in total. The topological polar surface area (TPSA) is 15.3 Å². The van der Waals surface area contributed by atoms with Crippen molar-refractivity contribution >= 4 is 11.8 Å². The van der Waals surface area contributed by atoms with Crippen LogP contribution in [0.25, 0.3) is 0 Å². The maximum atomic E-state index is 3.54. The first-order chi connectivity index (χ1) is 6.75. The highest BCUT2D eigenvalue weighted by molar-refractivity contribution is 7.99. The van der Waals surface area contributed by atoms with Crippen LogP contribution in [0.2, 0.25) is 0 Å². The molecule has 0 aliphatic carbocycles. The lowest BCUT2D eigenvalue weighted by molar-refractivity contribution is 0.129. The van der Waals surface area contributed by atoms with Gasteiger partial charge in [0.05, 0.1) is 0 Å². The van der Waals surface area contributed by atoms with Gasteiger partial charge in [-0.05, 0) is 37.7 Å². The van der Waals surface area contributed by atoms with Crippen molar-refractivity contribution in [2.24, 2.45) is 5.92 Å². The van der Waals surface area contributed by atoms with E-state index in [1.807, 2.05) is 0 Å². The summed E-state index contributed by atoms with van der Waals surface area (Å²) < 4.78 is 0. The minimum Gasteiger partial charge on any atom is -0.311 e. The molecule has 82 valence electrons. The summed E-state index contributed by atoms with van der Waals surface area (Å²) in [7, 11) is 0. The molecule has 2 heterocycles. The highest BCUT2D eigenvalue weighted by Crippen LogP contribution is 2.25. The smallest absolute Gasteiger partial charge is 0.0193 e. The lowest BCUT2D eigenvalue weighted by Gasteiger charge is -2.38. The van der Waals surface area contributed by atoms with Gasteiger partial charge >= 0.3 is 0 Å². The van der Waals surface area contributed by atoms with Crippen molar-refractivity contribution in [2.75, 3.05) is 31.1 Å². The first kappa shape index (κ1) is 10.8. The second kappa shape index (κ2) is 4.86. The summed E-state index contributed by atoms with van der Waals surface area (Å²) in [5.41, 5.74) is 0. The predicted molar refractivity (Wildman–Crippen MR) is 63.9 cm³/mol. The second-order valence-electron chi connectivity index (χ2n) is 4.84. The Morgan fingerprint density at radius 3 is 3.00 bits per heavy atom. The van der Waals surface area contributed by atoms with E-state index in [2.05, 4.69) is 35.8 Å². The third-order valence-corrected chi connectivity index (χ3v) is 4.64. The number of nitrogens with one attached hydrogen (secondary N) is 1. The molecule has 0 aromatic carbocycles. The van der Waals surface area contributed by atoms with E-state index in [1.54, 1.807) is 0 Å². The largest absolute Gasteiger partial charge is 0.311 e. The van der Waals surface area contributed by atoms with E-state index in [9.17, 15) is 0 Å². The summed E-state index contributed by atoms with van der Waals surface area (Å²) in [5, 5.41) is 3.54. The highest BCUT2D eigenvalue weighted by atomic mass is 32.2. The number of rotatable bonds is 2. The molecule has 0 saturated carbocycles. The first-order valence-electron chi connectivity index (χ1n) is 5.81. The fourth-order valence-electron chi connectivity index (χ4n) is 2.41. The molecule has 3 atom stereocenters. The van der Waals surface area contributed by atoms with Gasteiger partial charge in [-0.15, -0.1) is 0 Å². The highest BCUT2D eigenvalue weighted by Gasteiger charge is 2.26. The van der Waals surface area contributed by atoms with E-state index < -0.39 is 0 Å². The lowest BCUT2D eigenvalue weighted by Crippen LogP contribution is -2.55. The van der Waals surface area contributed by atoms with Gasteiger partial charge in [-0.25, -0.2) is 0 Å². The molecule has 0 radical (unpaired) electrons. The Bertz CT molecular complexity index is 180. The van der Waals surface area contributed by atoms with Crippen molar-refractivity contribution in [3.8, 4) is 0 Å². The number of hydrogen-bond donors (Lipinski definition) is 1. The fraction of sp³-hybridized carbons (Fsp3) is 1.00. The zero-order valence-electron chi connectivity index (χ0n) is 9.33. The average molecular weight is 214 g/mol. The Hall–Kier alpha value is 0.270. The van der Waals surface area contributed by atoms with E-state index in [-0.39, 0.29) is 0 Å². The van der Waals surface area contributed by atoms with Crippen LogP contribution in [0.4, 0.5) is 0 Å². The Kier molecular flexibility index (Phi) is 3.74. The van der Waals surface area contributed by atoms with Crippen LogP contribution in [-0.2, 0) is 0 Å². The van der Waals surface area contributed by atoms with Gasteiger partial charge in [-0.3, -0.25) is 4.90 Å². The average Bonchev–Trinajstić information content (AvgIpc) is 2.64. The van der Waals surface area contributed by atoms with Gasteiger partial charge in [0, 0.05) is 31.7 Å². The van der Waals surface area contributed by atoms with Crippen LogP contribution in [0, 0.1) is 5.92 Å². The molecular formula is C11H22N2S. The zero-order valence-corrected chi connectivity index (χ0v) is 10.1. The summed E-state index contributed by atoms with van der Waals surface area (Å²) in [4.78, 5) is 2.68. The van der Waals surface area contributed by atoms with Gasteiger partial charge in [-0.2, -0.15) is 11.8 Å². The van der Waals surface area contributed by atoms with Gasteiger partial charge in [0.15, 0.2) is 0 Å². The number of piperazine rings is 1. The van der Waals surface area contributed by atoms with Gasteiger partial charge < -0.3 is 5.32 Å². The van der Waals surface area contributed by atoms with E-state index in [4.69, 9.17) is 0 Å². The van der Waals surface area contributed by atoms with Gasteiger partial charge in [0.25, 0.3) is 0 Å². The Morgan fingerprint density at radius 2 is 2.29 bits per heavy atom. The summed E-state index contributed by atoms with van der Waals surface area (Å²) >= 11 is 2.13. The van der Waals surface area contributed by atoms with E-state index >= 15 is 0 Å². The molecular weight excluding hydrogens is 192 g/mol. The summed E-state index contributed by atoms with van der Waals surface area (Å²) in [5.74, 6) is 3.75. The van der Waals surface area contributed by atoms with Crippen LogP contribution in [0.3, 0.4) is 0 Å². The van der Waals surface area contributed by atoms with Crippen LogP contribution in [0.1, 0.15) is 20.3 Å². The van der Waals surface area contributed by atoms with Crippen LogP contribution in [0.5, 0.6) is 0 Å². The van der Waals surface area contributed by atoms with Gasteiger partial charge in [-0.1, -0.05) is 0 Å². The number of hydrogen-bond acceptors (Lipinski definition) is 3. The SMILES string of the molecule is CC1CN(CC2CCSC2)C(C)CN1. The van der Waals surface area contributed by atoms with Gasteiger partial charge in [0.2, 0.25) is 0 Å². The van der Waals surface area contributed by atoms with Crippen molar-refractivity contribution in [1.29, 1.82) is 0 Å². The summed E-state index contributed by atoms with van der Waals surface area (Å²) in [6.07, 6.45) is 1.44. The lowest BCUT2D eigenvalue weighted by atomic mass is 10.1. The quantitative estimate of drug-likeness (QED) is 0.748. The van der Waals surface area contributed by atoms with Crippen LogP contribution in [0.15, 0.2) is 0 Å². The van der Waals surface area contributed by atoms with Crippen molar-refractivity contribution in [3.05, 3.63) is 0 Å². The molecule has 0 bridgehead atoms. The van der Waals surface area contributed by atoms with E-state index in [0.29, 0.717) is 6.04 Å². The van der Waals surface area contributed by atoms with E-state index in [0.717, 1.165) is 12.0 Å². The van der Waals surface area contributed by atoms with Crippen molar-refractivity contribution in [3.63, 3.8) is 0 Å². The van der Waals surface area contributed by atoms with Crippen molar-refractivity contribution < 1.29 is 0 Å². The maximum Gasteiger partial charge on any atom is 0.0193 e. The van der Waals surface area contributed by atoms with E-state index in [1.165, 1.54) is 37.6 Å². The van der Waals surface area contributed by atoms with Crippen LogP contribution in [-0.4, -0.2) is 48.1 Å². The first-order valence-corrected chi connectivity index (χ1v) is 6.96. The molecule has 0 spiro atoms. The minimum absolute atomic E-state index is 0.681. The van der Waals surface area contributed by atoms with Gasteiger partial charge in [0.1, 0.15) is 0 Å². The minimum atomic E-state index is 0.681. The number of thioether (sulfide) groups is 1. The maximum absolute atomic E-state index is 3.54. The molecule has 0 aromatic heterocycles.